The third-order valence-corrected chi connectivity index (χ3v) is 3.36. The van der Waals surface area contributed by atoms with Crippen molar-refractivity contribution in [2.75, 3.05) is 5.32 Å². The van der Waals surface area contributed by atoms with Crippen LogP contribution < -0.4 is 5.32 Å². The lowest BCUT2D eigenvalue weighted by Gasteiger charge is -2.16. The minimum absolute atomic E-state index is 0.0741. The number of Topliss-reactive ketones (excluding diaryl/α,β-unsaturated/α-hetero) is 1. The molecule has 110 valence electrons. The number of rotatable bonds is 6. The first kappa shape index (κ1) is 16.4. The Balaban J connectivity index is 2.75. The summed E-state index contributed by atoms with van der Waals surface area (Å²) >= 11 is 0. The van der Waals surface area contributed by atoms with Gasteiger partial charge in [-0.05, 0) is 42.9 Å². The molecule has 1 aromatic carbocycles. The first-order valence-corrected chi connectivity index (χ1v) is 7.22. The van der Waals surface area contributed by atoms with Crippen molar-refractivity contribution in [2.45, 2.75) is 47.0 Å². The predicted octanol–water partition coefficient (Wildman–Crippen LogP) is 4.00. The van der Waals surface area contributed by atoms with Gasteiger partial charge in [0.25, 0.3) is 0 Å². The van der Waals surface area contributed by atoms with Gasteiger partial charge in [0.15, 0.2) is 0 Å². The smallest absolute Gasteiger partial charge is 0.234 e. The molecule has 0 aliphatic heterocycles. The van der Waals surface area contributed by atoms with Crippen LogP contribution in [0.25, 0.3) is 0 Å². The molecule has 1 aromatic rings. The molecular formula is C17H25NO2. The second kappa shape index (κ2) is 7.22. The van der Waals surface area contributed by atoms with Crippen molar-refractivity contribution in [2.24, 2.45) is 11.8 Å². The van der Waals surface area contributed by atoms with Gasteiger partial charge in [0.2, 0.25) is 5.91 Å². The molecule has 3 heteroatoms. The summed E-state index contributed by atoms with van der Waals surface area (Å²) < 4.78 is 0. The number of amides is 1. The van der Waals surface area contributed by atoms with E-state index in [0.717, 1.165) is 5.69 Å². The second-order valence-corrected chi connectivity index (χ2v) is 6.06. The molecule has 0 aliphatic carbocycles. The van der Waals surface area contributed by atoms with Crippen molar-refractivity contribution in [3.8, 4) is 0 Å². The molecule has 0 heterocycles. The normalized spacial score (nSPS) is 12.6. The van der Waals surface area contributed by atoms with Crippen molar-refractivity contribution < 1.29 is 9.59 Å². The van der Waals surface area contributed by atoms with Gasteiger partial charge in [0.05, 0.1) is 5.92 Å². The number of carbonyl (C=O) groups is 2. The molecule has 1 atom stereocenters. The van der Waals surface area contributed by atoms with Crippen LogP contribution >= 0.6 is 0 Å². The van der Waals surface area contributed by atoms with E-state index in [4.69, 9.17) is 0 Å². The Kier molecular flexibility index (Phi) is 5.93. The van der Waals surface area contributed by atoms with E-state index in [9.17, 15) is 9.59 Å². The summed E-state index contributed by atoms with van der Waals surface area (Å²) in [5.41, 5.74) is 1.97. The highest BCUT2D eigenvalue weighted by Crippen LogP contribution is 2.19. The SMILES string of the molecule is CC(=O)C(CC(C)C)C(=O)Nc1ccc(C(C)C)cc1. The fourth-order valence-electron chi connectivity index (χ4n) is 2.11. The lowest BCUT2D eigenvalue weighted by atomic mass is 9.93. The summed E-state index contributed by atoms with van der Waals surface area (Å²) in [7, 11) is 0. The number of hydrogen-bond acceptors (Lipinski definition) is 2. The molecule has 0 spiro atoms. The zero-order chi connectivity index (χ0) is 15.3. The number of nitrogens with one attached hydrogen (secondary N) is 1. The topological polar surface area (TPSA) is 46.2 Å². The average Bonchev–Trinajstić information content (AvgIpc) is 2.35. The molecule has 1 rings (SSSR count). The lowest BCUT2D eigenvalue weighted by molar-refractivity contribution is -0.130. The largest absolute Gasteiger partial charge is 0.325 e. The van der Waals surface area contributed by atoms with Crippen molar-refractivity contribution in [3.63, 3.8) is 0 Å². The molecule has 0 aromatic heterocycles. The number of carbonyl (C=O) groups excluding carboxylic acids is 2. The Bertz CT molecular complexity index is 460. The Morgan fingerprint density at radius 2 is 1.60 bits per heavy atom. The molecule has 20 heavy (non-hydrogen) atoms. The minimum atomic E-state index is -0.556. The minimum Gasteiger partial charge on any atom is -0.325 e. The maximum atomic E-state index is 12.2. The Labute approximate surface area is 121 Å². The monoisotopic (exact) mass is 275 g/mol. The molecule has 0 saturated carbocycles. The van der Waals surface area contributed by atoms with Crippen molar-refractivity contribution in [1.82, 2.24) is 0 Å². The van der Waals surface area contributed by atoms with E-state index in [1.54, 1.807) is 0 Å². The molecule has 0 fully saturated rings. The Morgan fingerprint density at radius 3 is 2.00 bits per heavy atom. The van der Waals surface area contributed by atoms with Gasteiger partial charge in [-0.1, -0.05) is 39.8 Å². The van der Waals surface area contributed by atoms with Crippen LogP contribution in [0, 0.1) is 11.8 Å². The van der Waals surface area contributed by atoms with Gasteiger partial charge < -0.3 is 5.32 Å². The number of anilines is 1. The van der Waals surface area contributed by atoms with E-state index < -0.39 is 5.92 Å². The van der Waals surface area contributed by atoms with Crippen molar-refractivity contribution in [1.29, 1.82) is 0 Å². The van der Waals surface area contributed by atoms with E-state index in [0.29, 0.717) is 18.3 Å². The van der Waals surface area contributed by atoms with Crippen LogP contribution in [0.3, 0.4) is 0 Å². The van der Waals surface area contributed by atoms with Gasteiger partial charge in [0.1, 0.15) is 5.78 Å². The molecule has 3 nitrogen and oxygen atoms in total. The molecule has 1 unspecified atom stereocenters. The fraction of sp³-hybridized carbons (Fsp3) is 0.529. The van der Waals surface area contributed by atoms with Gasteiger partial charge in [-0.25, -0.2) is 0 Å². The Morgan fingerprint density at radius 1 is 1.05 bits per heavy atom. The Hall–Kier alpha value is -1.64. The van der Waals surface area contributed by atoms with Crippen LogP contribution in [0.5, 0.6) is 0 Å². The van der Waals surface area contributed by atoms with Crippen LogP contribution in [0.4, 0.5) is 5.69 Å². The van der Waals surface area contributed by atoms with Gasteiger partial charge in [-0.15, -0.1) is 0 Å². The zero-order valence-electron chi connectivity index (χ0n) is 13.1. The third-order valence-electron chi connectivity index (χ3n) is 3.36. The molecule has 0 bridgehead atoms. The molecule has 0 saturated heterocycles. The fourth-order valence-corrected chi connectivity index (χ4v) is 2.11. The van der Waals surface area contributed by atoms with E-state index in [2.05, 4.69) is 19.2 Å². The van der Waals surface area contributed by atoms with Crippen LogP contribution in [-0.2, 0) is 9.59 Å². The van der Waals surface area contributed by atoms with Gasteiger partial charge in [-0.3, -0.25) is 9.59 Å². The number of benzene rings is 1. The van der Waals surface area contributed by atoms with Crippen molar-refractivity contribution >= 4 is 17.4 Å². The summed E-state index contributed by atoms with van der Waals surface area (Å²) in [5, 5.41) is 2.84. The lowest BCUT2D eigenvalue weighted by Crippen LogP contribution is -2.29. The van der Waals surface area contributed by atoms with Crippen molar-refractivity contribution in [3.05, 3.63) is 29.8 Å². The maximum Gasteiger partial charge on any atom is 0.234 e. The number of ketones is 1. The summed E-state index contributed by atoms with van der Waals surface area (Å²) in [6.07, 6.45) is 0.589. The molecule has 1 amide bonds. The summed E-state index contributed by atoms with van der Waals surface area (Å²) in [5.74, 6) is -0.0538. The zero-order valence-corrected chi connectivity index (χ0v) is 13.1. The van der Waals surface area contributed by atoms with E-state index in [1.807, 2.05) is 38.1 Å². The molecule has 0 aliphatic rings. The maximum absolute atomic E-state index is 12.2. The quantitative estimate of drug-likeness (QED) is 0.798. The highest BCUT2D eigenvalue weighted by atomic mass is 16.2. The van der Waals surface area contributed by atoms with Crippen LogP contribution in [-0.4, -0.2) is 11.7 Å². The van der Waals surface area contributed by atoms with Gasteiger partial charge >= 0.3 is 0 Å². The van der Waals surface area contributed by atoms with E-state index >= 15 is 0 Å². The number of hydrogen-bond donors (Lipinski definition) is 1. The van der Waals surface area contributed by atoms with Gasteiger partial charge in [-0.2, -0.15) is 0 Å². The summed E-state index contributed by atoms with van der Waals surface area (Å²) in [6.45, 7) is 9.76. The van der Waals surface area contributed by atoms with Crippen LogP contribution in [0.1, 0.15) is 52.5 Å². The highest BCUT2D eigenvalue weighted by Gasteiger charge is 2.24. The predicted molar refractivity (Wildman–Crippen MR) is 82.8 cm³/mol. The standard InChI is InChI=1S/C17H25NO2/c1-11(2)10-16(13(5)19)17(20)18-15-8-6-14(7-9-15)12(3)4/h6-9,11-12,16H,10H2,1-5H3,(H,18,20). The van der Waals surface area contributed by atoms with Crippen LogP contribution in [0.2, 0.25) is 0 Å². The second-order valence-electron chi connectivity index (χ2n) is 6.06. The summed E-state index contributed by atoms with van der Waals surface area (Å²) in [4.78, 5) is 23.8. The highest BCUT2D eigenvalue weighted by molar-refractivity contribution is 6.06. The first-order valence-electron chi connectivity index (χ1n) is 7.22. The van der Waals surface area contributed by atoms with Crippen LogP contribution in [0.15, 0.2) is 24.3 Å². The van der Waals surface area contributed by atoms with E-state index in [1.165, 1.54) is 12.5 Å². The van der Waals surface area contributed by atoms with Gasteiger partial charge in [0, 0.05) is 5.69 Å². The van der Waals surface area contributed by atoms with E-state index in [-0.39, 0.29) is 11.7 Å². The third kappa shape index (κ3) is 4.80. The average molecular weight is 275 g/mol. The molecule has 0 radical (unpaired) electrons. The molecule has 1 N–H and O–H groups in total. The summed E-state index contributed by atoms with van der Waals surface area (Å²) in [6, 6.07) is 7.79. The first-order chi connectivity index (χ1) is 9.31. The molecular weight excluding hydrogens is 250 g/mol.